The average molecular weight is 962 g/mol. The fourth-order valence-corrected chi connectivity index (χ4v) is 13.2. The van der Waals surface area contributed by atoms with Crippen LogP contribution in [0.4, 0.5) is 17.1 Å². The zero-order chi connectivity index (χ0) is 50.2. The largest absolute Gasteiger partial charge is 0.456 e. The molecule has 0 aliphatic heterocycles. The van der Waals surface area contributed by atoms with Crippen molar-refractivity contribution in [3.8, 4) is 66.8 Å². The number of hydrogen-bond acceptors (Lipinski definition) is 3. The van der Waals surface area contributed by atoms with Crippen molar-refractivity contribution in [1.29, 1.82) is 0 Å². The van der Waals surface area contributed by atoms with E-state index in [2.05, 4.69) is 269 Å². The molecule has 0 radical (unpaired) electrons. The van der Waals surface area contributed by atoms with Gasteiger partial charge in [0.15, 0.2) is 0 Å². The third kappa shape index (κ3) is 6.41. The lowest BCUT2D eigenvalue weighted by Crippen LogP contribution is -2.20. The summed E-state index contributed by atoms with van der Waals surface area (Å²) in [6.07, 6.45) is 0. The maximum Gasteiger partial charge on any atom is 0.136 e. The summed E-state index contributed by atoms with van der Waals surface area (Å²) < 4.78 is 13.4. The molecule has 0 spiro atoms. The van der Waals surface area contributed by atoms with E-state index >= 15 is 0 Å². The fourth-order valence-electron chi connectivity index (χ4n) is 13.2. The Bertz CT molecular complexity index is 4450. The smallest absolute Gasteiger partial charge is 0.136 e. The summed E-state index contributed by atoms with van der Waals surface area (Å²) >= 11 is 0. The van der Waals surface area contributed by atoms with E-state index in [1.165, 1.54) is 61.3 Å². The quantitative estimate of drug-likeness (QED) is 0.159. The van der Waals surface area contributed by atoms with Crippen molar-refractivity contribution in [1.82, 2.24) is 0 Å². The number of fused-ring (bicyclic) bond motifs is 12. The van der Waals surface area contributed by atoms with E-state index in [-0.39, 0.29) is 10.8 Å². The predicted molar refractivity (Wildman–Crippen MR) is 313 cm³/mol. The van der Waals surface area contributed by atoms with E-state index in [1.807, 2.05) is 0 Å². The van der Waals surface area contributed by atoms with Crippen LogP contribution in [-0.2, 0) is 10.8 Å². The highest BCUT2D eigenvalue weighted by atomic mass is 16.3. The van der Waals surface area contributed by atoms with Crippen molar-refractivity contribution in [2.45, 2.75) is 38.5 Å². The highest BCUT2D eigenvalue weighted by Gasteiger charge is 2.39. The van der Waals surface area contributed by atoms with Crippen LogP contribution in [0.3, 0.4) is 0 Å². The van der Waals surface area contributed by atoms with E-state index in [1.54, 1.807) is 0 Å². The van der Waals surface area contributed by atoms with Gasteiger partial charge in [-0.15, -0.1) is 0 Å². The Morgan fingerprint density at radius 3 is 1.39 bits per heavy atom. The van der Waals surface area contributed by atoms with Crippen molar-refractivity contribution in [2.24, 2.45) is 0 Å². The maximum absolute atomic E-state index is 6.72. The van der Waals surface area contributed by atoms with Gasteiger partial charge in [0.1, 0.15) is 22.3 Å². The van der Waals surface area contributed by atoms with Gasteiger partial charge < -0.3 is 13.7 Å². The first-order valence-corrected chi connectivity index (χ1v) is 26.2. The molecule has 2 aliphatic carbocycles. The molecule has 11 aromatic carbocycles. The Labute approximate surface area is 436 Å². The minimum absolute atomic E-state index is 0.173. The van der Waals surface area contributed by atoms with Crippen LogP contribution in [0.15, 0.2) is 245 Å². The van der Waals surface area contributed by atoms with Gasteiger partial charge >= 0.3 is 0 Å². The molecule has 0 fully saturated rings. The van der Waals surface area contributed by atoms with Gasteiger partial charge in [-0.2, -0.15) is 0 Å². The zero-order valence-electron chi connectivity index (χ0n) is 42.3. The summed E-state index contributed by atoms with van der Waals surface area (Å²) in [4.78, 5) is 2.46. The summed E-state index contributed by atoms with van der Waals surface area (Å²) in [5, 5.41) is 4.40. The molecule has 0 amide bonds. The second kappa shape index (κ2) is 16.2. The Balaban J connectivity index is 0.956. The molecular weight excluding hydrogens is 911 g/mol. The van der Waals surface area contributed by atoms with E-state index in [0.717, 1.165) is 88.6 Å². The summed E-state index contributed by atoms with van der Waals surface area (Å²) in [6, 6.07) is 86.6. The standard InChI is InChI=1S/C72H51NO2/c1-71(2)58-24-12-8-19-50(58)52-38-33-47(43-60(52)71)67-54(40-42-65-69(67)57-22-11-15-28-63(57)75-65)53-39-41-64-68(56-21-10-14-27-62(56)74-64)66(53)46-31-36-49(37-32-46)73(48-34-29-45(30-35-48)44-17-6-5-7-18-44)61-26-16-23-55-51-20-9-13-25-59(51)72(3,4)70(55)61/h5-43H,1-4H3. The molecule has 3 nitrogen and oxygen atoms in total. The van der Waals surface area contributed by atoms with Gasteiger partial charge in [0.2, 0.25) is 0 Å². The third-order valence-corrected chi connectivity index (χ3v) is 16.7. The van der Waals surface area contributed by atoms with Crippen LogP contribution in [0.25, 0.3) is 111 Å². The second-order valence-corrected chi connectivity index (χ2v) is 21.5. The molecule has 0 unspecified atom stereocenters. The lowest BCUT2D eigenvalue weighted by molar-refractivity contribution is 0.660. The lowest BCUT2D eigenvalue weighted by Gasteiger charge is -2.32. The lowest BCUT2D eigenvalue weighted by atomic mass is 9.80. The van der Waals surface area contributed by atoms with Crippen LogP contribution in [0.5, 0.6) is 0 Å². The van der Waals surface area contributed by atoms with E-state index < -0.39 is 0 Å². The molecule has 0 saturated heterocycles. The molecule has 13 aromatic rings. The fraction of sp³-hybridized carbons (Fsp3) is 0.0833. The van der Waals surface area contributed by atoms with Crippen LogP contribution in [0, 0.1) is 0 Å². The number of nitrogens with zero attached hydrogens (tertiary/aromatic N) is 1. The minimum Gasteiger partial charge on any atom is -0.456 e. The summed E-state index contributed by atoms with van der Waals surface area (Å²) in [5.41, 5.74) is 26.2. The number of rotatable bonds is 7. The van der Waals surface area contributed by atoms with Gasteiger partial charge in [-0.05, 0) is 151 Å². The SMILES string of the molecule is CC1(C)c2ccccc2-c2ccc(-c3c(-c4ccc5oc6ccccc6c5c4-c4ccc(N(c5ccc(-c6ccccc6)cc5)c5cccc6c5C(C)(C)c5ccccc5-6)cc4)ccc4oc5ccccc5c34)cc21. The predicted octanol–water partition coefficient (Wildman–Crippen LogP) is 20.2. The highest BCUT2D eigenvalue weighted by Crippen LogP contribution is 2.56. The summed E-state index contributed by atoms with van der Waals surface area (Å²) in [6.45, 7) is 9.47. The molecule has 0 bridgehead atoms. The normalized spacial score (nSPS) is 13.8. The number of para-hydroxylation sites is 2. The van der Waals surface area contributed by atoms with E-state index in [0.29, 0.717) is 0 Å². The molecule has 15 rings (SSSR count). The molecule has 75 heavy (non-hydrogen) atoms. The third-order valence-electron chi connectivity index (χ3n) is 16.7. The van der Waals surface area contributed by atoms with Gasteiger partial charge in [0, 0.05) is 54.9 Å². The molecule has 0 N–H and O–H groups in total. The van der Waals surface area contributed by atoms with Gasteiger partial charge in [-0.25, -0.2) is 0 Å². The van der Waals surface area contributed by atoms with Crippen LogP contribution in [0.2, 0.25) is 0 Å². The Kier molecular flexibility index (Phi) is 9.35. The van der Waals surface area contributed by atoms with Crippen molar-refractivity contribution in [3.05, 3.63) is 259 Å². The summed E-state index contributed by atoms with van der Waals surface area (Å²) in [5.74, 6) is 0. The first kappa shape index (κ1) is 43.4. The zero-order valence-corrected chi connectivity index (χ0v) is 42.3. The van der Waals surface area contributed by atoms with Crippen LogP contribution >= 0.6 is 0 Å². The maximum atomic E-state index is 6.72. The van der Waals surface area contributed by atoms with E-state index in [4.69, 9.17) is 8.83 Å². The van der Waals surface area contributed by atoms with Gasteiger partial charge in [0.25, 0.3) is 0 Å². The Morgan fingerprint density at radius 1 is 0.307 bits per heavy atom. The summed E-state index contributed by atoms with van der Waals surface area (Å²) in [7, 11) is 0. The number of benzene rings is 11. The Hall–Kier alpha value is -9.18. The molecule has 2 heterocycles. The highest BCUT2D eigenvalue weighted by molar-refractivity contribution is 6.20. The van der Waals surface area contributed by atoms with Crippen molar-refractivity contribution in [2.75, 3.05) is 4.90 Å². The van der Waals surface area contributed by atoms with Crippen LogP contribution in [-0.4, -0.2) is 0 Å². The molecule has 356 valence electrons. The average Bonchev–Trinajstić information content (AvgIpc) is 4.18. The molecule has 0 saturated carbocycles. The van der Waals surface area contributed by atoms with Gasteiger partial charge in [0.05, 0.1) is 5.69 Å². The second-order valence-electron chi connectivity index (χ2n) is 21.5. The first-order valence-electron chi connectivity index (χ1n) is 26.2. The number of hydrogen-bond donors (Lipinski definition) is 0. The molecular formula is C72H51NO2. The van der Waals surface area contributed by atoms with Crippen molar-refractivity contribution >= 4 is 60.9 Å². The number of furan rings is 2. The minimum atomic E-state index is -0.227. The monoisotopic (exact) mass is 961 g/mol. The van der Waals surface area contributed by atoms with Gasteiger partial charge in [-0.1, -0.05) is 191 Å². The van der Waals surface area contributed by atoms with E-state index in [9.17, 15) is 0 Å². The molecule has 3 heteroatoms. The number of anilines is 3. The molecule has 2 aliphatic rings. The van der Waals surface area contributed by atoms with Gasteiger partial charge in [-0.3, -0.25) is 0 Å². The Morgan fingerprint density at radius 2 is 0.760 bits per heavy atom. The van der Waals surface area contributed by atoms with Crippen LogP contribution < -0.4 is 4.90 Å². The molecule has 0 atom stereocenters. The van der Waals surface area contributed by atoms with Crippen molar-refractivity contribution in [3.63, 3.8) is 0 Å². The molecule has 2 aromatic heterocycles. The van der Waals surface area contributed by atoms with Crippen LogP contribution in [0.1, 0.15) is 49.9 Å². The first-order chi connectivity index (χ1) is 36.7. The topological polar surface area (TPSA) is 29.5 Å². The van der Waals surface area contributed by atoms with Crippen molar-refractivity contribution < 1.29 is 8.83 Å².